The summed E-state index contributed by atoms with van der Waals surface area (Å²) in [6.07, 6.45) is 0. The third-order valence-corrected chi connectivity index (χ3v) is 4.94. The van der Waals surface area contributed by atoms with Gasteiger partial charge in [0.05, 0.1) is 29.3 Å². The van der Waals surface area contributed by atoms with Crippen molar-refractivity contribution in [2.24, 2.45) is 7.05 Å². The van der Waals surface area contributed by atoms with Gasteiger partial charge >= 0.3 is 5.97 Å². The third kappa shape index (κ3) is 4.48. The summed E-state index contributed by atoms with van der Waals surface area (Å²) in [5, 5.41) is 11.4. The van der Waals surface area contributed by atoms with Crippen LogP contribution in [0.3, 0.4) is 0 Å². The van der Waals surface area contributed by atoms with Crippen molar-refractivity contribution in [3.8, 4) is 0 Å². The summed E-state index contributed by atoms with van der Waals surface area (Å²) >= 11 is 6.35. The molecule has 0 bridgehead atoms. The van der Waals surface area contributed by atoms with E-state index < -0.39 is 18.5 Å². The summed E-state index contributed by atoms with van der Waals surface area (Å²) in [5.74, 6) is -1.15. The van der Waals surface area contributed by atoms with Crippen LogP contribution in [-0.2, 0) is 23.1 Å². The number of esters is 1. The number of anilines is 1. The molecule has 29 heavy (non-hydrogen) atoms. The normalized spacial score (nSPS) is 10.8. The molecule has 0 aliphatic heterocycles. The highest BCUT2D eigenvalue weighted by Crippen LogP contribution is 2.22. The molecular weight excluding hydrogens is 394 g/mol. The molecule has 0 spiro atoms. The highest BCUT2D eigenvalue weighted by Gasteiger charge is 2.23. The van der Waals surface area contributed by atoms with Crippen molar-refractivity contribution in [3.05, 3.63) is 63.7 Å². The fourth-order valence-electron chi connectivity index (χ4n) is 2.98. The number of nitrogens with zero attached hydrogens (tertiary/aromatic N) is 4. The van der Waals surface area contributed by atoms with Gasteiger partial charge in [-0.2, -0.15) is 10.2 Å². The molecule has 2 heterocycles. The zero-order valence-corrected chi connectivity index (χ0v) is 17.4. The van der Waals surface area contributed by atoms with E-state index in [0.29, 0.717) is 23.6 Å². The smallest absolute Gasteiger partial charge is 0.343 e. The Balaban J connectivity index is 1.65. The monoisotopic (exact) mass is 415 g/mol. The lowest BCUT2D eigenvalue weighted by molar-refractivity contribution is -0.119. The number of halogens is 1. The first-order valence-electron chi connectivity index (χ1n) is 9.02. The van der Waals surface area contributed by atoms with Crippen LogP contribution in [0.15, 0.2) is 30.3 Å². The van der Waals surface area contributed by atoms with Gasteiger partial charge in [0, 0.05) is 7.05 Å². The average Bonchev–Trinajstić information content (AvgIpc) is 3.09. The Morgan fingerprint density at radius 3 is 2.41 bits per heavy atom. The molecule has 1 aromatic carbocycles. The predicted octanol–water partition coefficient (Wildman–Crippen LogP) is 3.04. The van der Waals surface area contributed by atoms with Crippen LogP contribution < -0.4 is 5.32 Å². The van der Waals surface area contributed by atoms with Gasteiger partial charge in [-0.25, -0.2) is 9.48 Å². The molecule has 152 valence electrons. The minimum Gasteiger partial charge on any atom is -0.452 e. The van der Waals surface area contributed by atoms with E-state index in [-0.39, 0.29) is 10.7 Å². The van der Waals surface area contributed by atoms with E-state index in [2.05, 4.69) is 15.5 Å². The van der Waals surface area contributed by atoms with Crippen LogP contribution in [-0.4, -0.2) is 38.0 Å². The van der Waals surface area contributed by atoms with Gasteiger partial charge < -0.3 is 10.1 Å². The number of carbonyl (C=O) groups excluding carboxylic acids is 2. The van der Waals surface area contributed by atoms with Gasteiger partial charge in [-0.15, -0.1) is 0 Å². The van der Waals surface area contributed by atoms with Gasteiger partial charge in [0.1, 0.15) is 10.7 Å². The maximum atomic E-state index is 12.5. The Morgan fingerprint density at radius 1 is 1.10 bits per heavy atom. The van der Waals surface area contributed by atoms with Gasteiger partial charge in [-0.05, 0) is 26.3 Å². The molecule has 3 rings (SSSR count). The zero-order valence-electron chi connectivity index (χ0n) is 16.7. The second kappa shape index (κ2) is 8.48. The van der Waals surface area contributed by atoms with E-state index in [0.717, 1.165) is 11.3 Å². The molecule has 8 nitrogen and oxygen atoms in total. The lowest BCUT2D eigenvalue weighted by atomic mass is 10.2. The molecule has 0 fully saturated rings. The topological polar surface area (TPSA) is 91.0 Å². The zero-order chi connectivity index (χ0) is 21.1. The van der Waals surface area contributed by atoms with Crippen molar-refractivity contribution >= 4 is 29.2 Å². The molecule has 0 saturated heterocycles. The fraction of sp³-hybridized carbons (Fsp3) is 0.300. The molecule has 0 aliphatic rings. The first kappa shape index (κ1) is 20.6. The molecular formula is C20H22ClN5O3. The lowest BCUT2D eigenvalue weighted by Gasteiger charge is -2.07. The van der Waals surface area contributed by atoms with Crippen molar-refractivity contribution in [2.75, 3.05) is 11.9 Å². The number of nitrogens with one attached hydrogen (secondary N) is 1. The van der Waals surface area contributed by atoms with Crippen LogP contribution in [0.2, 0.25) is 5.15 Å². The molecule has 9 heteroatoms. The van der Waals surface area contributed by atoms with Crippen LogP contribution >= 0.6 is 11.6 Å². The molecule has 2 aromatic heterocycles. The predicted molar refractivity (Wildman–Crippen MR) is 109 cm³/mol. The van der Waals surface area contributed by atoms with Crippen molar-refractivity contribution in [1.82, 2.24) is 19.6 Å². The Kier molecular flexibility index (Phi) is 6.03. The van der Waals surface area contributed by atoms with E-state index in [1.165, 1.54) is 4.68 Å². The Hall–Kier alpha value is -3.13. The minimum atomic E-state index is -0.693. The van der Waals surface area contributed by atoms with Crippen molar-refractivity contribution in [2.45, 2.75) is 27.3 Å². The van der Waals surface area contributed by atoms with Crippen LogP contribution in [0.5, 0.6) is 0 Å². The van der Waals surface area contributed by atoms with Gasteiger partial charge in [0.2, 0.25) is 0 Å². The fourth-order valence-corrected chi connectivity index (χ4v) is 3.29. The largest absolute Gasteiger partial charge is 0.452 e. The SMILES string of the molecule is Cc1nn(C)c(C)c1NC(=O)COC(=O)c1c(C)nn(Cc2ccccc2)c1Cl. The van der Waals surface area contributed by atoms with E-state index in [4.69, 9.17) is 16.3 Å². The van der Waals surface area contributed by atoms with Gasteiger partial charge in [0.15, 0.2) is 6.61 Å². The average molecular weight is 416 g/mol. The van der Waals surface area contributed by atoms with E-state index in [1.54, 1.807) is 25.6 Å². The van der Waals surface area contributed by atoms with Gasteiger partial charge in [-0.3, -0.25) is 9.48 Å². The summed E-state index contributed by atoms with van der Waals surface area (Å²) < 4.78 is 8.36. The molecule has 0 saturated carbocycles. The third-order valence-electron chi connectivity index (χ3n) is 4.55. The molecule has 0 unspecified atom stereocenters. The number of hydrogen-bond donors (Lipinski definition) is 1. The second-order valence-corrected chi connectivity index (χ2v) is 7.05. The summed E-state index contributed by atoms with van der Waals surface area (Å²) in [6.45, 7) is 5.29. The Morgan fingerprint density at radius 2 is 1.79 bits per heavy atom. The van der Waals surface area contributed by atoms with Crippen LogP contribution in [0.25, 0.3) is 0 Å². The highest BCUT2D eigenvalue weighted by molar-refractivity contribution is 6.32. The summed E-state index contributed by atoms with van der Waals surface area (Å²) in [4.78, 5) is 24.7. The number of ether oxygens (including phenoxy) is 1. The van der Waals surface area contributed by atoms with Crippen molar-refractivity contribution < 1.29 is 14.3 Å². The first-order valence-corrected chi connectivity index (χ1v) is 9.39. The maximum absolute atomic E-state index is 12.5. The number of amides is 1. The molecule has 1 amide bonds. The summed E-state index contributed by atoms with van der Waals surface area (Å²) in [7, 11) is 1.79. The standard InChI is InChI=1S/C20H22ClN5O3/c1-12-17(19(21)26(24-12)10-15-8-6-5-7-9-15)20(28)29-11-16(27)22-18-13(2)23-25(4)14(18)3/h5-9H,10-11H2,1-4H3,(H,22,27). The number of hydrogen-bond acceptors (Lipinski definition) is 5. The van der Waals surface area contributed by atoms with Gasteiger partial charge in [0.25, 0.3) is 5.91 Å². The first-order chi connectivity index (χ1) is 13.8. The molecule has 0 radical (unpaired) electrons. The van der Waals surface area contributed by atoms with E-state index >= 15 is 0 Å². The number of benzene rings is 1. The Labute approximate surface area is 173 Å². The number of rotatable bonds is 6. The molecule has 0 aliphatic carbocycles. The minimum absolute atomic E-state index is 0.157. The number of aromatic nitrogens is 4. The Bertz CT molecular complexity index is 1060. The molecule has 0 atom stereocenters. The lowest BCUT2D eigenvalue weighted by Crippen LogP contribution is -2.22. The quantitative estimate of drug-likeness (QED) is 0.625. The van der Waals surface area contributed by atoms with Crippen molar-refractivity contribution in [3.63, 3.8) is 0 Å². The summed E-state index contributed by atoms with van der Waals surface area (Å²) in [5.41, 5.74) is 3.70. The van der Waals surface area contributed by atoms with Crippen molar-refractivity contribution in [1.29, 1.82) is 0 Å². The maximum Gasteiger partial charge on any atom is 0.343 e. The number of aryl methyl sites for hydroxylation is 3. The number of carbonyl (C=O) groups is 2. The van der Waals surface area contributed by atoms with E-state index in [9.17, 15) is 9.59 Å². The van der Waals surface area contributed by atoms with Crippen LogP contribution in [0.1, 0.15) is 33.0 Å². The summed E-state index contributed by atoms with van der Waals surface area (Å²) in [6, 6.07) is 9.64. The van der Waals surface area contributed by atoms with E-state index in [1.807, 2.05) is 37.3 Å². The second-order valence-electron chi connectivity index (χ2n) is 6.69. The molecule has 3 aromatic rings. The highest BCUT2D eigenvalue weighted by atomic mass is 35.5. The van der Waals surface area contributed by atoms with Gasteiger partial charge in [-0.1, -0.05) is 41.9 Å². The van der Waals surface area contributed by atoms with Crippen LogP contribution in [0.4, 0.5) is 5.69 Å². The molecule has 1 N–H and O–H groups in total. The van der Waals surface area contributed by atoms with Crippen LogP contribution in [0, 0.1) is 20.8 Å².